The van der Waals surface area contributed by atoms with Crippen LogP contribution >= 0.6 is 11.3 Å². The average Bonchev–Trinajstić information content (AvgIpc) is 2.92. The molecule has 5 nitrogen and oxygen atoms in total. The molecule has 2 aromatic rings. The van der Waals surface area contributed by atoms with Gasteiger partial charge in [0.2, 0.25) is 0 Å². The Morgan fingerprint density at radius 2 is 1.91 bits per heavy atom. The van der Waals surface area contributed by atoms with Crippen LogP contribution in [-0.2, 0) is 9.53 Å². The Balaban J connectivity index is 2.32. The monoisotopic (exact) mass is 318 g/mol. The fourth-order valence-electron chi connectivity index (χ4n) is 1.97. The Bertz CT molecular complexity index is 664. The van der Waals surface area contributed by atoms with Gasteiger partial charge in [0.1, 0.15) is 11.4 Å². The van der Waals surface area contributed by atoms with E-state index in [1.165, 1.54) is 16.2 Å². The molecular formula is C16H18N2O3S. The number of carbonyl (C=O) groups excluding carboxylic acids is 2. The van der Waals surface area contributed by atoms with Crippen molar-refractivity contribution in [2.75, 3.05) is 18.1 Å². The number of rotatable bonds is 5. The summed E-state index contributed by atoms with van der Waals surface area (Å²) in [6.45, 7) is 5.65. The summed E-state index contributed by atoms with van der Waals surface area (Å²) in [6, 6.07) is 7.45. The van der Waals surface area contributed by atoms with Crippen LogP contribution in [0.1, 0.15) is 27.9 Å². The largest absolute Gasteiger partial charge is 0.465 e. The lowest BCUT2D eigenvalue weighted by molar-refractivity contribution is -0.141. The predicted molar refractivity (Wildman–Crippen MR) is 86.3 cm³/mol. The Kier molecular flexibility index (Phi) is 5.27. The van der Waals surface area contributed by atoms with E-state index in [9.17, 15) is 9.59 Å². The molecule has 0 aliphatic carbocycles. The van der Waals surface area contributed by atoms with Crippen molar-refractivity contribution in [2.45, 2.75) is 20.8 Å². The summed E-state index contributed by atoms with van der Waals surface area (Å²) in [5.41, 5.74) is 4.04. The number of amides is 1. The molecule has 0 radical (unpaired) electrons. The molecule has 0 spiro atoms. The van der Waals surface area contributed by atoms with Crippen molar-refractivity contribution in [3.8, 4) is 0 Å². The van der Waals surface area contributed by atoms with Crippen LogP contribution in [0.3, 0.4) is 0 Å². The molecule has 1 aromatic carbocycles. The first kappa shape index (κ1) is 16.2. The van der Waals surface area contributed by atoms with Gasteiger partial charge in [-0.15, -0.1) is 11.3 Å². The van der Waals surface area contributed by atoms with Gasteiger partial charge in [0.25, 0.3) is 5.91 Å². The van der Waals surface area contributed by atoms with Gasteiger partial charge in [0.05, 0.1) is 17.8 Å². The molecule has 2 rings (SSSR count). The summed E-state index contributed by atoms with van der Waals surface area (Å²) in [5, 5.41) is 0. The molecule has 116 valence electrons. The molecule has 22 heavy (non-hydrogen) atoms. The van der Waals surface area contributed by atoms with Crippen molar-refractivity contribution in [3.63, 3.8) is 0 Å². The number of aryl methyl sites for hydroxylation is 2. The van der Waals surface area contributed by atoms with E-state index in [1.54, 1.807) is 19.4 Å². The first-order chi connectivity index (χ1) is 10.5. The first-order valence-electron chi connectivity index (χ1n) is 6.97. The number of esters is 1. The molecule has 6 heteroatoms. The van der Waals surface area contributed by atoms with Crippen LogP contribution in [0.15, 0.2) is 29.8 Å². The van der Waals surface area contributed by atoms with Gasteiger partial charge >= 0.3 is 5.97 Å². The van der Waals surface area contributed by atoms with E-state index < -0.39 is 5.97 Å². The molecule has 1 amide bonds. The highest BCUT2D eigenvalue weighted by Gasteiger charge is 2.24. The highest BCUT2D eigenvalue weighted by atomic mass is 32.1. The highest BCUT2D eigenvalue weighted by Crippen LogP contribution is 2.21. The van der Waals surface area contributed by atoms with E-state index >= 15 is 0 Å². The maximum absolute atomic E-state index is 12.7. The van der Waals surface area contributed by atoms with Crippen LogP contribution < -0.4 is 4.90 Å². The highest BCUT2D eigenvalue weighted by molar-refractivity contribution is 7.12. The van der Waals surface area contributed by atoms with Crippen LogP contribution in [0, 0.1) is 13.8 Å². The zero-order chi connectivity index (χ0) is 16.1. The minimum atomic E-state index is -0.432. The number of thiazole rings is 1. The number of anilines is 1. The van der Waals surface area contributed by atoms with Crippen molar-refractivity contribution in [3.05, 3.63) is 45.9 Å². The molecule has 0 atom stereocenters. The lowest BCUT2D eigenvalue weighted by Gasteiger charge is -2.21. The van der Waals surface area contributed by atoms with E-state index in [0.29, 0.717) is 16.3 Å². The van der Waals surface area contributed by atoms with Crippen LogP contribution in [0.2, 0.25) is 0 Å². The quantitative estimate of drug-likeness (QED) is 0.795. The number of hydrogen-bond acceptors (Lipinski definition) is 5. The molecule has 1 heterocycles. The lowest BCUT2D eigenvalue weighted by Crippen LogP contribution is -2.36. The molecule has 0 aliphatic heterocycles. The number of carbonyl (C=O) groups is 2. The molecule has 0 aliphatic rings. The van der Waals surface area contributed by atoms with Gasteiger partial charge < -0.3 is 4.74 Å². The van der Waals surface area contributed by atoms with Crippen LogP contribution in [0.4, 0.5) is 5.69 Å². The van der Waals surface area contributed by atoms with E-state index in [1.807, 2.05) is 31.2 Å². The minimum Gasteiger partial charge on any atom is -0.465 e. The fraction of sp³-hybridized carbons (Fsp3) is 0.312. The third kappa shape index (κ3) is 3.71. The Hall–Kier alpha value is -2.21. The van der Waals surface area contributed by atoms with E-state index in [4.69, 9.17) is 4.74 Å². The Morgan fingerprint density at radius 1 is 1.23 bits per heavy atom. The van der Waals surface area contributed by atoms with E-state index in [0.717, 1.165) is 5.56 Å². The summed E-state index contributed by atoms with van der Waals surface area (Å²) in [4.78, 5) is 30.6. The number of nitrogens with zero attached hydrogens (tertiary/aromatic N) is 2. The fourth-order valence-corrected chi connectivity index (χ4v) is 2.72. The number of aromatic nitrogens is 1. The molecular weight excluding hydrogens is 300 g/mol. The van der Waals surface area contributed by atoms with Crippen LogP contribution in [0.25, 0.3) is 0 Å². The van der Waals surface area contributed by atoms with Gasteiger partial charge in [-0.3, -0.25) is 14.5 Å². The normalized spacial score (nSPS) is 10.3. The van der Waals surface area contributed by atoms with Crippen LogP contribution in [-0.4, -0.2) is 30.0 Å². The molecule has 0 saturated heterocycles. The summed E-state index contributed by atoms with van der Waals surface area (Å²) in [7, 11) is 0. The van der Waals surface area contributed by atoms with Crippen molar-refractivity contribution < 1.29 is 14.3 Å². The van der Waals surface area contributed by atoms with E-state index in [-0.39, 0.29) is 19.1 Å². The first-order valence-corrected chi connectivity index (χ1v) is 7.85. The van der Waals surface area contributed by atoms with Gasteiger partial charge in [-0.05, 0) is 32.9 Å². The molecule has 1 aromatic heterocycles. The van der Waals surface area contributed by atoms with Gasteiger partial charge in [-0.1, -0.05) is 17.7 Å². The SMILES string of the molecule is CCOC(=O)CN(C(=O)c1scnc1C)c1ccc(C)cc1. The maximum atomic E-state index is 12.7. The summed E-state index contributed by atoms with van der Waals surface area (Å²) in [5.74, 6) is -0.671. The summed E-state index contributed by atoms with van der Waals surface area (Å²) >= 11 is 1.27. The zero-order valence-corrected chi connectivity index (χ0v) is 13.6. The van der Waals surface area contributed by atoms with Gasteiger partial charge in [-0.25, -0.2) is 4.98 Å². The van der Waals surface area contributed by atoms with Crippen molar-refractivity contribution in [2.24, 2.45) is 0 Å². The summed E-state index contributed by atoms with van der Waals surface area (Å²) < 4.78 is 4.97. The second-order valence-electron chi connectivity index (χ2n) is 4.80. The number of benzene rings is 1. The topological polar surface area (TPSA) is 59.5 Å². The Labute approximate surface area is 133 Å². The second kappa shape index (κ2) is 7.17. The van der Waals surface area contributed by atoms with Gasteiger partial charge in [0, 0.05) is 5.69 Å². The van der Waals surface area contributed by atoms with Crippen LogP contribution in [0.5, 0.6) is 0 Å². The van der Waals surface area contributed by atoms with E-state index in [2.05, 4.69) is 4.98 Å². The number of hydrogen-bond donors (Lipinski definition) is 0. The molecule has 0 saturated carbocycles. The summed E-state index contributed by atoms with van der Waals surface area (Å²) in [6.07, 6.45) is 0. The van der Waals surface area contributed by atoms with Gasteiger partial charge in [-0.2, -0.15) is 0 Å². The maximum Gasteiger partial charge on any atom is 0.326 e. The van der Waals surface area contributed by atoms with Crippen molar-refractivity contribution >= 4 is 28.9 Å². The molecule has 0 fully saturated rings. The van der Waals surface area contributed by atoms with Gasteiger partial charge in [0.15, 0.2) is 0 Å². The average molecular weight is 318 g/mol. The third-order valence-electron chi connectivity index (χ3n) is 3.12. The number of ether oxygens (including phenoxy) is 1. The molecule has 0 bridgehead atoms. The third-order valence-corrected chi connectivity index (χ3v) is 4.04. The predicted octanol–water partition coefficient (Wildman–Crippen LogP) is 2.97. The lowest BCUT2D eigenvalue weighted by atomic mass is 10.2. The van der Waals surface area contributed by atoms with Crippen molar-refractivity contribution in [1.29, 1.82) is 0 Å². The Morgan fingerprint density at radius 3 is 2.45 bits per heavy atom. The molecule has 0 unspecified atom stereocenters. The van der Waals surface area contributed by atoms with Crippen molar-refractivity contribution in [1.82, 2.24) is 4.98 Å². The standard InChI is InChI=1S/C16H18N2O3S/c1-4-21-14(19)9-18(13-7-5-11(2)6-8-13)16(20)15-12(3)17-10-22-15/h5-8,10H,4,9H2,1-3H3. The second-order valence-corrected chi connectivity index (χ2v) is 5.65. The minimum absolute atomic E-state index is 0.118. The smallest absolute Gasteiger partial charge is 0.326 e. The zero-order valence-electron chi connectivity index (χ0n) is 12.8. The molecule has 0 N–H and O–H groups in total.